The molecule has 1 aromatic carbocycles. The fourth-order valence-corrected chi connectivity index (χ4v) is 2.37. The summed E-state index contributed by atoms with van der Waals surface area (Å²) in [5, 5.41) is 21.3. The largest absolute Gasteiger partial charge is 0.506 e. The molecule has 5 N–H and O–H groups in total. The number of phenols is 2. The number of nitrogens with one attached hydrogen (secondary N) is 1. The third-order valence-electron chi connectivity index (χ3n) is 2.10. The molecule has 0 amide bonds. The molecule has 1 aromatic rings. The first-order valence-electron chi connectivity index (χ1n) is 5.66. The summed E-state index contributed by atoms with van der Waals surface area (Å²) in [5.74, 6) is -2.24. The lowest BCUT2D eigenvalue weighted by Gasteiger charge is -2.05. The molecule has 21 heavy (non-hydrogen) atoms. The average Bonchev–Trinajstić information content (AvgIpc) is 2.30. The van der Waals surface area contributed by atoms with Gasteiger partial charge in [-0.1, -0.05) is 13.8 Å². The van der Waals surface area contributed by atoms with Gasteiger partial charge < -0.3 is 15.5 Å². The number of rotatable bonds is 4. The fourth-order valence-electron chi connectivity index (χ4n) is 1.20. The van der Waals surface area contributed by atoms with E-state index in [0.29, 0.717) is 12.1 Å². The molecular formula is C10H17NO8S2. The van der Waals surface area contributed by atoms with Gasteiger partial charge in [-0.3, -0.25) is 9.11 Å². The maximum absolute atomic E-state index is 10.6. The van der Waals surface area contributed by atoms with Crippen LogP contribution in [0.3, 0.4) is 0 Å². The predicted octanol–water partition coefficient (Wildman–Crippen LogP) is 0.207. The van der Waals surface area contributed by atoms with Crippen molar-refractivity contribution in [2.24, 2.45) is 0 Å². The molecule has 0 atom stereocenters. The maximum atomic E-state index is 10.6. The Balaban J connectivity index is 0.000000690. The van der Waals surface area contributed by atoms with Crippen LogP contribution in [0.25, 0.3) is 0 Å². The first-order valence-corrected chi connectivity index (χ1v) is 8.54. The molecule has 0 bridgehead atoms. The van der Waals surface area contributed by atoms with Crippen molar-refractivity contribution >= 4 is 20.2 Å². The molecule has 9 nitrogen and oxygen atoms in total. The van der Waals surface area contributed by atoms with Crippen molar-refractivity contribution < 1.29 is 36.2 Å². The zero-order valence-corrected chi connectivity index (χ0v) is 12.9. The van der Waals surface area contributed by atoms with Crippen LogP contribution < -0.4 is 5.32 Å². The van der Waals surface area contributed by atoms with Crippen LogP contribution in [0.4, 0.5) is 0 Å². The van der Waals surface area contributed by atoms with E-state index in [4.69, 9.17) is 19.3 Å². The number of benzene rings is 1. The smallest absolute Gasteiger partial charge is 0.298 e. The Morgan fingerprint density at radius 2 is 1.14 bits per heavy atom. The molecule has 0 saturated carbocycles. The molecule has 0 aliphatic rings. The van der Waals surface area contributed by atoms with Crippen LogP contribution >= 0.6 is 0 Å². The molecular weight excluding hydrogens is 326 g/mol. The van der Waals surface area contributed by atoms with Crippen molar-refractivity contribution in [3.63, 3.8) is 0 Å². The Labute approximate surface area is 122 Å². The maximum Gasteiger partial charge on any atom is 0.298 e. The molecule has 0 saturated heterocycles. The van der Waals surface area contributed by atoms with Crippen LogP contribution in [-0.4, -0.2) is 49.2 Å². The van der Waals surface area contributed by atoms with Gasteiger partial charge in [0.25, 0.3) is 20.2 Å². The number of hydrogen-bond donors (Lipinski definition) is 5. The van der Waals surface area contributed by atoms with E-state index in [0.717, 1.165) is 13.1 Å². The zero-order valence-electron chi connectivity index (χ0n) is 11.3. The van der Waals surface area contributed by atoms with Gasteiger partial charge in [0.05, 0.1) is 0 Å². The van der Waals surface area contributed by atoms with E-state index >= 15 is 0 Å². The highest BCUT2D eigenvalue weighted by Gasteiger charge is 2.23. The highest BCUT2D eigenvalue weighted by atomic mass is 32.2. The molecule has 0 aliphatic heterocycles. The number of hydrogen-bond acceptors (Lipinski definition) is 7. The van der Waals surface area contributed by atoms with Gasteiger partial charge in [-0.15, -0.1) is 0 Å². The molecule has 0 unspecified atom stereocenters. The first kappa shape index (κ1) is 19.6. The van der Waals surface area contributed by atoms with E-state index < -0.39 is 41.5 Å². The van der Waals surface area contributed by atoms with Crippen molar-refractivity contribution in [1.82, 2.24) is 5.32 Å². The highest BCUT2D eigenvalue weighted by Crippen LogP contribution is 2.32. The summed E-state index contributed by atoms with van der Waals surface area (Å²) in [5.41, 5.74) is 0. The predicted molar refractivity (Wildman–Crippen MR) is 73.6 cm³/mol. The minimum Gasteiger partial charge on any atom is -0.506 e. The van der Waals surface area contributed by atoms with Crippen molar-refractivity contribution in [3.8, 4) is 11.5 Å². The monoisotopic (exact) mass is 343 g/mol. The second-order valence-electron chi connectivity index (χ2n) is 3.69. The van der Waals surface area contributed by atoms with Crippen molar-refractivity contribution in [1.29, 1.82) is 0 Å². The Morgan fingerprint density at radius 1 is 0.857 bits per heavy atom. The molecule has 11 heteroatoms. The second-order valence-corrected chi connectivity index (χ2v) is 6.47. The van der Waals surface area contributed by atoms with Crippen LogP contribution in [0.15, 0.2) is 21.9 Å². The van der Waals surface area contributed by atoms with Gasteiger partial charge in [-0.25, -0.2) is 0 Å². The van der Waals surface area contributed by atoms with Crippen molar-refractivity contribution in [2.45, 2.75) is 23.6 Å². The molecule has 0 spiro atoms. The number of aromatic hydroxyl groups is 2. The van der Waals surface area contributed by atoms with Crippen LogP contribution in [-0.2, 0) is 20.2 Å². The van der Waals surface area contributed by atoms with Gasteiger partial charge in [0.2, 0.25) is 0 Å². The molecule has 0 fully saturated rings. The molecule has 1 rings (SSSR count). The van der Waals surface area contributed by atoms with E-state index in [-0.39, 0.29) is 0 Å². The highest BCUT2D eigenvalue weighted by molar-refractivity contribution is 7.86. The first-order chi connectivity index (χ1) is 9.45. The van der Waals surface area contributed by atoms with Crippen LogP contribution in [0.2, 0.25) is 0 Å². The summed E-state index contributed by atoms with van der Waals surface area (Å²) in [6.07, 6.45) is 0. The van der Waals surface area contributed by atoms with E-state index in [1.807, 2.05) is 0 Å². The van der Waals surface area contributed by atoms with Crippen LogP contribution in [0.1, 0.15) is 13.8 Å². The molecule has 0 heterocycles. The topological polar surface area (TPSA) is 161 Å². The van der Waals surface area contributed by atoms with E-state index in [9.17, 15) is 16.8 Å². The number of phenolic OH excluding ortho intramolecular Hbond substituents is 2. The minimum atomic E-state index is -4.80. The van der Waals surface area contributed by atoms with Crippen LogP contribution in [0.5, 0.6) is 11.5 Å². The Kier molecular flexibility index (Phi) is 7.06. The lowest BCUT2D eigenvalue weighted by molar-refractivity contribution is 0.417. The van der Waals surface area contributed by atoms with Gasteiger partial charge in [-0.05, 0) is 13.1 Å². The third-order valence-corrected chi connectivity index (χ3v) is 3.86. The van der Waals surface area contributed by atoms with Gasteiger partial charge in [0.15, 0.2) is 0 Å². The van der Waals surface area contributed by atoms with Gasteiger partial charge >= 0.3 is 0 Å². The van der Waals surface area contributed by atoms with Gasteiger partial charge in [0, 0.05) is 12.1 Å². The van der Waals surface area contributed by atoms with Crippen molar-refractivity contribution in [2.75, 3.05) is 13.1 Å². The Bertz CT molecular complexity index is 622. The average molecular weight is 343 g/mol. The van der Waals surface area contributed by atoms with Gasteiger partial charge in [0.1, 0.15) is 21.3 Å². The summed E-state index contributed by atoms with van der Waals surface area (Å²) < 4.78 is 59.7. The Morgan fingerprint density at radius 3 is 1.29 bits per heavy atom. The van der Waals surface area contributed by atoms with Gasteiger partial charge in [-0.2, -0.15) is 16.8 Å². The normalized spacial score (nSPS) is 11.6. The molecule has 0 aromatic heterocycles. The molecule has 0 radical (unpaired) electrons. The summed E-state index contributed by atoms with van der Waals surface area (Å²) in [4.78, 5) is -2.14. The Hall–Kier alpha value is -1.40. The summed E-state index contributed by atoms with van der Waals surface area (Å²) in [7, 11) is -9.61. The SMILES string of the molecule is CCNCC.O=S(=O)(O)c1cc(O)c(S(=O)(=O)O)cc1O. The lowest BCUT2D eigenvalue weighted by Crippen LogP contribution is -2.09. The zero-order chi connectivity index (χ0) is 16.8. The molecule has 0 aliphatic carbocycles. The van der Waals surface area contributed by atoms with Crippen LogP contribution in [0, 0.1) is 0 Å². The summed E-state index contributed by atoms with van der Waals surface area (Å²) >= 11 is 0. The minimum absolute atomic E-state index is 0.299. The standard InChI is InChI=1S/C6H6O8S2.C4H11N/c7-3-1-5(15(9,10)11)4(8)2-6(3)16(12,13)14;1-3-5-4-2/h1-2,7-8H,(H,9,10,11)(H,12,13,14);5H,3-4H2,1-2H3. The van der Waals surface area contributed by atoms with Crippen molar-refractivity contribution in [3.05, 3.63) is 12.1 Å². The second kappa shape index (κ2) is 7.56. The third kappa shape index (κ3) is 6.27. The molecule has 122 valence electrons. The summed E-state index contributed by atoms with van der Waals surface area (Å²) in [6.45, 7) is 6.39. The fraction of sp³-hybridized carbons (Fsp3) is 0.400. The van der Waals surface area contributed by atoms with E-state index in [1.54, 1.807) is 0 Å². The van der Waals surface area contributed by atoms with E-state index in [2.05, 4.69) is 19.2 Å². The summed E-state index contributed by atoms with van der Waals surface area (Å²) in [6, 6.07) is 0.599. The lowest BCUT2D eigenvalue weighted by atomic mass is 10.3. The van der Waals surface area contributed by atoms with E-state index in [1.165, 1.54) is 0 Å². The quantitative estimate of drug-likeness (QED) is 0.380.